The highest BCUT2D eigenvalue weighted by Crippen LogP contribution is 2.44. The molecule has 0 aromatic carbocycles. The lowest BCUT2D eigenvalue weighted by atomic mass is 9.88. The van der Waals surface area contributed by atoms with Crippen LogP contribution in [-0.4, -0.2) is 54.4 Å². The Morgan fingerprint density at radius 1 is 1.62 bits per heavy atom. The topological polar surface area (TPSA) is 75.8 Å². The number of aliphatic hydroxyl groups is 1. The van der Waals surface area contributed by atoms with Crippen molar-refractivity contribution in [3.8, 4) is 0 Å². The van der Waals surface area contributed by atoms with E-state index in [4.69, 9.17) is 10.5 Å². The Balaban J connectivity index is 1.75. The maximum atomic E-state index is 11.8. The first-order valence-corrected chi connectivity index (χ1v) is 5.82. The molecule has 1 saturated carbocycles. The first-order chi connectivity index (χ1) is 7.57. The standard InChI is InChI=1S/C11H20N2O3/c1-16-5-4-9(12)10(14)13-6-11(15,7-13)8-2-3-8/h8-9,15H,2-7,12H2,1H3. The minimum atomic E-state index is -0.614. The third-order valence-corrected chi connectivity index (χ3v) is 3.53. The van der Waals surface area contributed by atoms with E-state index in [1.54, 1.807) is 12.0 Å². The molecule has 0 radical (unpaired) electrons. The van der Waals surface area contributed by atoms with Gasteiger partial charge < -0.3 is 20.5 Å². The fourth-order valence-electron chi connectivity index (χ4n) is 2.25. The number of hydrogen-bond donors (Lipinski definition) is 2. The molecule has 5 nitrogen and oxygen atoms in total. The predicted octanol–water partition coefficient (Wildman–Crippen LogP) is -0.666. The van der Waals surface area contributed by atoms with E-state index in [1.807, 2.05) is 0 Å². The molecule has 0 aromatic rings. The lowest BCUT2D eigenvalue weighted by Crippen LogP contribution is -2.67. The van der Waals surface area contributed by atoms with Crippen molar-refractivity contribution < 1.29 is 14.6 Å². The number of amides is 1. The van der Waals surface area contributed by atoms with Crippen LogP contribution in [0.1, 0.15) is 19.3 Å². The molecule has 1 atom stereocenters. The third-order valence-electron chi connectivity index (χ3n) is 3.53. The Hall–Kier alpha value is -0.650. The third kappa shape index (κ3) is 2.21. The second-order valence-corrected chi connectivity index (χ2v) is 4.96. The van der Waals surface area contributed by atoms with Gasteiger partial charge in [0.25, 0.3) is 0 Å². The molecular formula is C11H20N2O3. The molecule has 92 valence electrons. The largest absolute Gasteiger partial charge is 0.386 e. The average molecular weight is 228 g/mol. The Kier molecular flexibility index (Phi) is 3.19. The van der Waals surface area contributed by atoms with Crippen LogP contribution in [0.2, 0.25) is 0 Å². The molecular weight excluding hydrogens is 208 g/mol. The van der Waals surface area contributed by atoms with Crippen LogP contribution in [0.3, 0.4) is 0 Å². The number of nitrogens with zero attached hydrogens (tertiary/aromatic N) is 1. The number of ether oxygens (including phenoxy) is 1. The molecule has 1 unspecified atom stereocenters. The second kappa shape index (κ2) is 4.31. The number of hydrogen-bond acceptors (Lipinski definition) is 4. The van der Waals surface area contributed by atoms with Gasteiger partial charge in [0.2, 0.25) is 5.91 Å². The summed E-state index contributed by atoms with van der Waals surface area (Å²) in [6, 6.07) is -0.497. The summed E-state index contributed by atoms with van der Waals surface area (Å²) in [7, 11) is 1.59. The quantitative estimate of drug-likeness (QED) is 0.654. The number of carbonyl (C=O) groups is 1. The van der Waals surface area contributed by atoms with E-state index in [-0.39, 0.29) is 5.91 Å². The van der Waals surface area contributed by atoms with E-state index in [2.05, 4.69) is 0 Å². The fraction of sp³-hybridized carbons (Fsp3) is 0.909. The number of carbonyl (C=O) groups excluding carboxylic acids is 1. The molecule has 2 aliphatic rings. The highest BCUT2D eigenvalue weighted by molar-refractivity contribution is 5.82. The summed E-state index contributed by atoms with van der Waals surface area (Å²) in [5.41, 5.74) is 5.13. The lowest BCUT2D eigenvalue weighted by Gasteiger charge is -2.47. The van der Waals surface area contributed by atoms with Crippen molar-refractivity contribution >= 4 is 5.91 Å². The number of likely N-dealkylation sites (tertiary alicyclic amines) is 1. The Morgan fingerprint density at radius 3 is 2.75 bits per heavy atom. The molecule has 0 bridgehead atoms. The summed E-state index contributed by atoms with van der Waals surface area (Å²) >= 11 is 0. The molecule has 2 fully saturated rings. The monoisotopic (exact) mass is 228 g/mol. The van der Waals surface area contributed by atoms with Crippen molar-refractivity contribution in [1.29, 1.82) is 0 Å². The summed E-state index contributed by atoms with van der Waals surface area (Å²) in [5, 5.41) is 10.1. The van der Waals surface area contributed by atoms with E-state index in [0.717, 1.165) is 12.8 Å². The first kappa shape index (κ1) is 11.8. The first-order valence-electron chi connectivity index (χ1n) is 5.82. The van der Waals surface area contributed by atoms with Crippen molar-refractivity contribution in [3.05, 3.63) is 0 Å². The van der Waals surface area contributed by atoms with E-state index < -0.39 is 11.6 Å². The zero-order valence-corrected chi connectivity index (χ0v) is 9.69. The van der Waals surface area contributed by atoms with Crippen molar-refractivity contribution in [3.63, 3.8) is 0 Å². The maximum Gasteiger partial charge on any atom is 0.239 e. The normalized spacial score (nSPS) is 25.1. The number of methoxy groups -OCH3 is 1. The van der Waals surface area contributed by atoms with Gasteiger partial charge in [0.15, 0.2) is 0 Å². The van der Waals surface area contributed by atoms with Crippen LogP contribution in [0.4, 0.5) is 0 Å². The summed E-state index contributed by atoms with van der Waals surface area (Å²) in [6.07, 6.45) is 2.72. The summed E-state index contributed by atoms with van der Waals surface area (Å²) < 4.78 is 4.88. The zero-order valence-electron chi connectivity index (χ0n) is 9.69. The zero-order chi connectivity index (χ0) is 11.8. The summed E-state index contributed by atoms with van der Waals surface area (Å²) in [6.45, 7) is 1.40. The SMILES string of the molecule is COCCC(N)C(=O)N1CC(O)(C2CC2)C1. The highest BCUT2D eigenvalue weighted by Gasteiger charge is 2.53. The van der Waals surface area contributed by atoms with Crippen LogP contribution in [0, 0.1) is 5.92 Å². The van der Waals surface area contributed by atoms with Gasteiger partial charge >= 0.3 is 0 Å². The molecule has 16 heavy (non-hydrogen) atoms. The van der Waals surface area contributed by atoms with Crippen LogP contribution in [0.5, 0.6) is 0 Å². The van der Waals surface area contributed by atoms with Crippen molar-refractivity contribution in [1.82, 2.24) is 4.90 Å². The van der Waals surface area contributed by atoms with Crippen LogP contribution >= 0.6 is 0 Å². The van der Waals surface area contributed by atoms with Gasteiger partial charge in [0.05, 0.1) is 19.1 Å². The van der Waals surface area contributed by atoms with Crippen LogP contribution in [0.25, 0.3) is 0 Å². The summed E-state index contributed by atoms with van der Waals surface area (Å²) in [5.74, 6) is 0.342. The van der Waals surface area contributed by atoms with Gasteiger partial charge in [-0.15, -0.1) is 0 Å². The molecule has 1 aliphatic heterocycles. The molecule has 0 spiro atoms. The number of β-amino-alcohol motifs (C(OH)–C–C–N with tert-alkyl or cyclic N) is 1. The van der Waals surface area contributed by atoms with Gasteiger partial charge in [-0.05, 0) is 25.2 Å². The molecule has 1 heterocycles. The van der Waals surface area contributed by atoms with Crippen LogP contribution in [0.15, 0.2) is 0 Å². The fourth-order valence-corrected chi connectivity index (χ4v) is 2.25. The molecule has 3 N–H and O–H groups in total. The summed E-state index contributed by atoms with van der Waals surface area (Å²) in [4.78, 5) is 13.4. The lowest BCUT2D eigenvalue weighted by molar-refractivity contribution is -0.160. The van der Waals surface area contributed by atoms with E-state index in [9.17, 15) is 9.90 Å². The average Bonchev–Trinajstić information content (AvgIpc) is 3.04. The van der Waals surface area contributed by atoms with Gasteiger partial charge in [0, 0.05) is 13.7 Å². The Labute approximate surface area is 95.5 Å². The number of rotatable bonds is 5. The van der Waals surface area contributed by atoms with Gasteiger partial charge in [-0.2, -0.15) is 0 Å². The molecule has 1 saturated heterocycles. The molecule has 5 heteroatoms. The van der Waals surface area contributed by atoms with E-state index in [0.29, 0.717) is 32.0 Å². The molecule has 2 rings (SSSR count). The molecule has 1 amide bonds. The van der Waals surface area contributed by atoms with Gasteiger partial charge in [0.1, 0.15) is 5.60 Å². The minimum Gasteiger partial charge on any atom is -0.386 e. The van der Waals surface area contributed by atoms with E-state index in [1.165, 1.54) is 0 Å². The molecule has 0 aromatic heterocycles. The van der Waals surface area contributed by atoms with Gasteiger partial charge in [-0.1, -0.05) is 0 Å². The van der Waals surface area contributed by atoms with Crippen molar-refractivity contribution in [2.45, 2.75) is 30.9 Å². The van der Waals surface area contributed by atoms with Crippen LogP contribution in [-0.2, 0) is 9.53 Å². The maximum absolute atomic E-state index is 11.8. The molecule has 1 aliphatic carbocycles. The minimum absolute atomic E-state index is 0.0672. The second-order valence-electron chi connectivity index (χ2n) is 4.96. The smallest absolute Gasteiger partial charge is 0.239 e. The van der Waals surface area contributed by atoms with Crippen molar-refractivity contribution in [2.75, 3.05) is 26.8 Å². The predicted molar refractivity (Wildman–Crippen MR) is 58.7 cm³/mol. The Morgan fingerprint density at radius 2 is 2.25 bits per heavy atom. The van der Waals surface area contributed by atoms with E-state index >= 15 is 0 Å². The number of nitrogens with two attached hydrogens (primary N) is 1. The van der Waals surface area contributed by atoms with Crippen LogP contribution < -0.4 is 5.73 Å². The van der Waals surface area contributed by atoms with Crippen molar-refractivity contribution in [2.24, 2.45) is 11.7 Å². The Bertz CT molecular complexity index is 272. The highest BCUT2D eigenvalue weighted by atomic mass is 16.5. The van der Waals surface area contributed by atoms with Gasteiger partial charge in [-0.25, -0.2) is 0 Å². The van der Waals surface area contributed by atoms with Gasteiger partial charge in [-0.3, -0.25) is 4.79 Å².